The zero-order valence-corrected chi connectivity index (χ0v) is 10.6. The summed E-state index contributed by atoms with van der Waals surface area (Å²) >= 11 is 6.12. The van der Waals surface area contributed by atoms with Gasteiger partial charge in [0.1, 0.15) is 11.5 Å². The number of aromatic nitrogens is 4. The minimum absolute atomic E-state index is 0.249. The highest BCUT2D eigenvalue weighted by molar-refractivity contribution is 6.35. The van der Waals surface area contributed by atoms with Gasteiger partial charge >= 0.3 is 0 Å². The Kier molecular flexibility index (Phi) is 2.74. The molecule has 0 unspecified atom stereocenters. The highest BCUT2D eigenvalue weighted by Crippen LogP contribution is 2.27. The molecule has 0 aliphatic carbocycles. The number of benzene rings is 1. The molecule has 98 valence electrons. The Bertz CT molecular complexity index is 747. The Balaban J connectivity index is 2.18. The van der Waals surface area contributed by atoms with Gasteiger partial charge in [0.05, 0.1) is 16.7 Å². The molecule has 7 heteroatoms. The average molecular weight is 283 g/mol. The summed E-state index contributed by atoms with van der Waals surface area (Å²) in [5.74, 6) is 0.481. The second kappa shape index (κ2) is 4.31. The molecular weight excluding hydrogens is 274 g/mol. The Hall–Kier alpha value is -1.95. The van der Waals surface area contributed by atoms with Gasteiger partial charge in [-0.15, -0.1) is 0 Å². The van der Waals surface area contributed by atoms with Crippen molar-refractivity contribution in [3.05, 3.63) is 41.1 Å². The maximum atomic E-state index is 12.6. The van der Waals surface area contributed by atoms with Gasteiger partial charge in [0.2, 0.25) is 0 Å². The fourth-order valence-electron chi connectivity index (χ4n) is 2.00. The molecule has 0 bridgehead atoms. The topological polar surface area (TPSA) is 46.5 Å². The number of hydrogen-bond acceptors (Lipinski definition) is 2. The standard InChI is InChI=1S/C12H9ClF2N4/c1-6-17-10(12(14)15)5-19(6)8-2-7-4-16-18-11(7)9(13)3-8/h2-5,12H,1H3,(H,16,18). The first-order chi connectivity index (χ1) is 9.06. The minimum Gasteiger partial charge on any atom is -0.303 e. The van der Waals surface area contributed by atoms with E-state index >= 15 is 0 Å². The number of alkyl halides is 2. The van der Waals surface area contributed by atoms with Crippen molar-refractivity contribution in [2.24, 2.45) is 0 Å². The number of imidazole rings is 1. The summed E-state index contributed by atoms with van der Waals surface area (Å²) < 4.78 is 26.9. The summed E-state index contributed by atoms with van der Waals surface area (Å²) in [7, 11) is 0. The maximum Gasteiger partial charge on any atom is 0.281 e. The normalized spacial score (nSPS) is 11.6. The van der Waals surface area contributed by atoms with Gasteiger partial charge in [-0.2, -0.15) is 5.10 Å². The van der Waals surface area contributed by atoms with Crippen LogP contribution in [0.15, 0.2) is 24.5 Å². The highest BCUT2D eigenvalue weighted by Gasteiger charge is 2.15. The van der Waals surface area contributed by atoms with Crippen molar-refractivity contribution in [1.82, 2.24) is 19.7 Å². The van der Waals surface area contributed by atoms with Crippen molar-refractivity contribution in [3.8, 4) is 5.69 Å². The molecule has 0 aliphatic heterocycles. The minimum atomic E-state index is -2.59. The number of fused-ring (bicyclic) bond motifs is 1. The Labute approximate surface area is 112 Å². The van der Waals surface area contributed by atoms with Gasteiger partial charge in [0, 0.05) is 17.3 Å². The molecule has 2 aromatic heterocycles. The first kappa shape index (κ1) is 12.1. The second-order valence-electron chi connectivity index (χ2n) is 4.15. The number of aryl methyl sites for hydroxylation is 1. The maximum absolute atomic E-state index is 12.6. The molecule has 3 rings (SSSR count). The first-order valence-electron chi connectivity index (χ1n) is 5.53. The van der Waals surface area contributed by atoms with E-state index in [1.807, 2.05) is 6.07 Å². The zero-order valence-electron chi connectivity index (χ0n) is 9.86. The third-order valence-corrected chi connectivity index (χ3v) is 3.19. The lowest BCUT2D eigenvalue weighted by Crippen LogP contribution is -1.95. The van der Waals surface area contributed by atoms with E-state index in [2.05, 4.69) is 15.2 Å². The van der Waals surface area contributed by atoms with Gasteiger partial charge in [-0.05, 0) is 19.1 Å². The molecule has 0 saturated heterocycles. The van der Waals surface area contributed by atoms with Crippen LogP contribution in [0.1, 0.15) is 17.9 Å². The molecule has 0 aliphatic rings. The van der Waals surface area contributed by atoms with E-state index in [9.17, 15) is 8.78 Å². The highest BCUT2D eigenvalue weighted by atomic mass is 35.5. The lowest BCUT2D eigenvalue weighted by Gasteiger charge is -2.06. The van der Waals surface area contributed by atoms with Crippen molar-refractivity contribution < 1.29 is 8.78 Å². The smallest absolute Gasteiger partial charge is 0.281 e. The molecule has 0 amide bonds. The lowest BCUT2D eigenvalue weighted by molar-refractivity contribution is 0.146. The van der Waals surface area contributed by atoms with Crippen LogP contribution in [0.5, 0.6) is 0 Å². The van der Waals surface area contributed by atoms with Gasteiger partial charge in [-0.1, -0.05) is 11.6 Å². The molecule has 2 heterocycles. The van der Waals surface area contributed by atoms with E-state index in [4.69, 9.17) is 11.6 Å². The van der Waals surface area contributed by atoms with Gasteiger partial charge in [0.15, 0.2) is 0 Å². The molecule has 0 fully saturated rings. The SMILES string of the molecule is Cc1nc(C(F)F)cn1-c1cc(Cl)c2[nH]ncc2c1. The summed E-state index contributed by atoms with van der Waals surface area (Å²) in [5.41, 5.74) is 1.15. The third-order valence-electron chi connectivity index (χ3n) is 2.89. The van der Waals surface area contributed by atoms with Gasteiger partial charge < -0.3 is 4.57 Å². The number of H-pyrrole nitrogens is 1. The van der Waals surface area contributed by atoms with Gasteiger partial charge in [0.25, 0.3) is 6.43 Å². The number of halogens is 3. The average Bonchev–Trinajstić information content (AvgIpc) is 2.95. The van der Waals surface area contributed by atoms with Crippen LogP contribution in [-0.2, 0) is 0 Å². The number of rotatable bonds is 2. The van der Waals surface area contributed by atoms with E-state index in [0.717, 1.165) is 10.9 Å². The van der Waals surface area contributed by atoms with Crippen LogP contribution in [0.2, 0.25) is 5.02 Å². The van der Waals surface area contributed by atoms with E-state index in [1.165, 1.54) is 6.20 Å². The van der Waals surface area contributed by atoms with Crippen LogP contribution in [0.25, 0.3) is 16.6 Å². The quantitative estimate of drug-likeness (QED) is 0.780. The van der Waals surface area contributed by atoms with Crippen LogP contribution < -0.4 is 0 Å². The molecule has 3 aromatic rings. The van der Waals surface area contributed by atoms with E-state index in [0.29, 0.717) is 16.5 Å². The fraction of sp³-hybridized carbons (Fsp3) is 0.167. The monoisotopic (exact) mass is 282 g/mol. The predicted molar refractivity (Wildman–Crippen MR) is 67.9 cm³/mol. The summed E-state index contributed by atoms with van der Waals surface area (Å²) in [6.07, 6.45) is 0.357. The molecule has 4 nitrogen and oxygen atoms in total. The van der Waals surface area contributed by atoms with Crippen LogP contribution in [0.3, 0.4) is 0 Å². The van der Waals surface area contributed by atoms with Crippen molar-refractivity contribution in [2.45, 2.75) is 13.3 Å². The van der Waals surface area contributed by atoms with Gasteiger partial charge in [-0.3, -0.25) is 5.10 Å². The predicted octanol–water partition coefficient (Wildman–Crippen LogP) is 3.65. The number of aromatic amines is 1. The third kappa shape index (κ3) is 1.98. The van der Waals surface area contributed by atoms with Crippen molar-refractivity contribution in [2.75, 3.05) is 0 Å². The van der Waals surface area contributed by atoms with Crippen molar-refractivity contribution in [3.63, 3.8) is 0 Å². The van der Waals surface area contributed by atoms with Crippen LogP contribution in [-0.4, -0.2) is 19.7 Å². The molecule has 1 N–H and O–H groups in total. The lowest BCUT2D eigenvalue weighted by atomic mass is 10.2. The zero-order chi connectivity index (χ0) is 13.6. The van der Waals surface area contributed by atoms with E-state index in [-0.39, 0.29) is 5.69 Å². The summed E-state index contributed by atoms with van der Waals surface area (Å²) in [6.45, 7) is 1.67. The molecule has 19 heavy (non-hydrogen) atoms. The Morgan fingerprint density at radius 1 is 1.37 bits per heavy atom. The fourth-order valence-corrected chi connectivity index (χ4v) is 2.26. The Morgan fingerprint density at radius 3 is 2.84 bits per heavy atom. The second-order valence-corrected chi connectivity index (χ2v) is 4.55. The molecular formula is C12H9ClF2N4. The largest absolute Gasteiger partial charge is 0.303 e. The van der Waals surface area contributed by atoms with Crippen LogP contribution in [0, 0.1) is 6.92 Å². The van der Waals surface area contributed by atoms with Crippen molar-refractivity contribution >= 4 is 22.5 Å². The number of hydrogen-bond donors (Lipinski definition) is 1. The number of nitrogens with zero attached hydrogens (tertiary/aromatic N) is 3. The molecule has 0 atom stereocenters. The molecule has 0 spiro atoms. The summed E-state index contributed by atoms with van der Waals surface area (Å²) in [5, 5.41) is 7.97. The molecule has 0 radical (unpaired) electrons. The van der Waals surface area contributed by atoms with E-state index in [1.54, 1.807) is 23.8 Å². The number of nitrogens with one attached hydrogen (secondary N) is 1. The van der Waals surface area contributed by atoms with Gasteiger partial charge in [-0.25, -0.2) is 13.8 Å². The molecule has 0 saturated carbocycles. The van der Waals surface area contributed by atoms with E-state index < -0.39 is 6.43 Å². The summed E-state index contributed by atoms with van der Waals surface area (Å²) in [6, 6.07) is 3.50. The first-order valence-corrected chi connectivity index (χ1v) is 5.91. The summed E-state index contributed by atoms with van der Waals surface area (Å²) in [4.78, 5) is 3.83. The Morgan fingerprint density at radius 2 is 2.16 bits per heavy atom. The van der Waals surface area contributed by atoms with Crippen LogP contribution >= 0.6 is 11.6 Å². The van der Waals surface area contributed by atoms with Crippen LogP contribution in [0.4, 0.5) is 8.78 Å². The van der Waals surface area contributed by atoms with Crippen molar-refractivity contribution in [1.29, 1.82) is 0 Å². The molecule has 1 aromatic carbocycles.